The topological polar surface area (TPSA) is 131 Å². The second-order valence-corrected chi connectivity index (χ2v) is 14.8. The van der Waals surface area contributed by atoms with Gasteiger partial charge in [-0.25, -0.2) is 0 Å². The van der Waals surface area contributed by atoms with Crippen LogP contribution in [0.2, 0.25) is 0 Å². The van der Waals surface area contributed by atoms with Crippen molar-refractivity contribution in [1.82, 2.24) is 10.3 Å². The van der Waals surface area contributed by atoms with Crippen LogP contribution in [0.1, 0.15) is 123 Å². The number of furan rings is 1. The molecule has 0 saturated heterocycles. The van der Waals surface area contributed by atoms with Crippen LogP contribution in [-0.4, -0.2) is 51.2 Å². The quantitative estimate of drug-likeness (QED) is 0.109. The van der Waals surface area contributed by atoms with Gasteiger partial charge in [-0.1, -0.05) is 38.7 Å². The first kappa shape index (κ1) is 34.1. The van der Waals surface area contributed by atoms with Crippen molar-refractivity contribution in [2.45, 2.75) is 122 Å². The zero-order valence-corrected chi connectivity index (χ0v) is 28.4. The number of aryl methyl sites for hydroxylation is 3. The summed E-state index contributed by atoms with van der Waals surface area (Å²) in [6, 6.07) is 9.50. The lowest BCUT2D eigenvalue weighted by atomic mass is 9.66. The van der Waals surface area contributed by atoms with Gasteiger partial charge in [-0.05, 0) is 105 Å². The average molecular weight is 649 g/mol. The summed E-state index contributed by atoms with van der Waals surface area (Å²) in [7, 11) is 0. The Bertz CT molecular complexity index is 1450. The number of benzene rings is 1. The highest BCUT2D eigenvalue weighted by Gasteiger charge is 2.51. The van der Waals surface area contributed by atoms with E-state index in [1.165, 1.54) is 56.2 Å². The number of phenols is 1. The number of unbranched alkanes of at least 4 members (excludes halogenated alkanes) is 1. The number of rotatable bonds is 15. The summed E-state index contributed by atoms with van der Waals surface area (Å²) >= 11 is 0. The van der Waals surface area contributed by atoms with Crippen molar-refractivity contribution in [3.8, 4) is 11.5 Å². The maximum absolute atomic E-state index is 11.4. The first-order valence-corrected chi connectivity index (χ1v) is 18.2. The summed E-state index contributed by atoms with van der Waals surface area (Å²) in [6.45, 7) is 5.39. The highest BCUT2D eigenvalue weighted by molar-refractivity contribution is 5.42. The lowest BCUT2D eigenvalue weighted by molar-refractivity contribution is 0.101. The van der Waals surface area contributed by atoms with Gasteiger partial charge in [-0.3, -0.25) is 0 Å². The van der Waals surface area contributed by atoms with Crippen LogP contribution in [0.3, 0.4) is 0 Å². The molecule has 1 aromatic carbocycles. The normalized spacial score (nSPS) is 23.0. The molecule has 6 rings (SSSR count). The molecule has 0 bridgehead atoms. The highest BCUT2D eigenvalue weighted by Crippen LogP contribution is 2.60. The monoisotopic (exact) mass is 648 g/mol. The van der Waals surface area contributed by atoms with E-state index in [2.05, 4.69) is 23.3 Å². The van der Waals surface area contributed by atoms with Gasteiger partial charge < -0.3 is 39.9 Å². The molecule has 1 spiro atoms. The molecule has 3 aliphatic carbocycles. The Balaban J connectivity index is 1.14. The van der Waals surface area contributed by atoms with Crippen molar-refractivity contribution in [2.24, 2.45) is 17.3 Å². The SMILES string of the molecule is CCCCc1oc(CCc2ccc(O)c(OCC(O)c3cc4c([nH]3)CC3(CCCC3)C3CCCC3C4CNCC(C)O)c2)cc1CO. The summed E-state index contributed by atoms with van der Waals surface area (Å²) in [5.41, 5.74) is 5.56. The van der Waals surface area contributed by atoms with Crippen LogP contribution < -0.4 is 10.1 Å². The van der Waals surface area contributed by atoms with Gasteiger partial charge in [0.05, 0.1) is 12.7 Å². The van der Waals surface area contributed by atoms with Gasteiger partial charge >= 0.3 is 0 Å². The Morgan fingerprint density at radius 3 is 2.66 bits per heavy atom. The summed E-state index contributed by atoms with van der Waals surface area (Å²) in [6.07, 6.45) is 13.2. The van der Waals surface area contributed by atoms with Crippen LogP contribution in [0.4, 0.5) is 0 Å². The number of ether oxygens (including phenoxy) is 1. The number of nitrogens with one attached hydrogen (secondary N) is 2. The number of hydrogen-bond donors (Lipinski definition) is 6. The van der Waals surface area contributed by atoms with Gasteiger partial charge in [0, 0.05) is 48.8 Å². The number of aromatic amines is 1. The minimum Gasteiger partial charge on any atom is -0.504 e. The Morgan fingerprint density at radius 2 is 1.89 bits per heavy atom. The average Bonchev–Trinajstić information content (AvgIpc) is 3.87. The van der Waals surface area contributed by atoms with Crippen molar-refractivity contribution in [3.63, 3.8) is 0 Å². The van der Waals surface area contributed by atoms with Crippen LogP contribution in [-0.2, 0) is 32.3 Å². The van der Waals surface area contributed by atoms with Crippen LogP contribution in [0.5, 0.6) is 11.5 Å². The largest absolute Gasteiger partial charge is 0.504 e. The molecule has 3 aromatic rings. The minimum atomic E-state index is -0.864. The number of aromatic nitrogens is 1. The minimum absolute atomic E-state index is 0.0195. The zero-order chi connectivity index (χ0) is 33.0. The third kappa shape index (κ3) is 7.61. The molecule has 2 heterocycles. The number of H-pyrrole nitrogens is 1. The molecule has 258 valence electrons. The van der Waals surface area contributed by atoms with E-state index >= 15 is 0 Å². The smallest absolute Gasteiger partial charge is 0.161 e. The van der Waals surface area contributed by atoms with Gasteiger partial charge in [0.1, 0.15) is 24.2 Å². The Kier molecular flexibility index (Phi) is 11.0. The van der Waals surface area contributed by atoms with Gasteiger partial charge in [0.2, 0.25) is 0 Å². The molecule has 2 fully saturated rings. The molecule has 2 saturated carbocycles. The van der Waals surface area contributed by atoms with Crippen molar-refractivity contribution in [3.05, 3.63) is 69.9 Å². The number of fused-ring (bicyclic) bond motifs is 3. The Hall–Kier alpha value is -2.78. The van der Waals surface area contributed by atoms with E-state index in [4.69, 9.17) is 9.15 Å². The van der Waals surface area contributed by atoms with E-state index in [9.17, 15) is 20.4 Å². The molecule has 3 aliphatic rings. The first-order chi connectivity index (χ1) is 22.8. The van der Waals surface area contributed by atoms with Gasteiger partial charge in [0.15, 0.2) is 11.5 Å². The number of hydrogen-bond acceptors (Lipinski definition) is 7. The van der Waals surface area contributed by atoms with E-state index in [1.807, 2.05) is 25.1 Å². The first-order valence-electron chi connectivity index (χ1n) is 18.2. The van der Waals surface area contributed by atoms with Gasteiger partial charge in [-0.15, -0.1) is 0 Å². The van der Waals surface area contributed by atoms with Gasteiger partial charge in [0.25, 0.3) is 0 Å². The van der Waals surface area contributed by atoms with E-state index < -0.39 is 6.10 Å². The molecule has 5 atom stereocenters. The standard InChI is InChI=1S/C39H56N2O6/c1-3-4-10-37-27(23-42)18-28(47-37)13-11-26-12-14-35(44)38(17-26)46-24-36(45)33-19-30-31(22-40-21-25(2)43)29-8-7-9-32(29)39(15-5-6-16-39)20-34(30)41-33/h12,14,17-19,25,29,31-32,36,40-45H,3-11,13,15-16,20-24H2,1-2H3. The summed E-state index contributed by atoms with van der Waals surface area (Å²) in [5.74, 6) is 3.83. The third-order valence-corrected chi connectivity index (χ3v) is 11.5. The van der Waals surface area contributed by atoms with E-state index in [-0.39, 0.29) is 25.1 Å². The van der Waals surface area contributed by atoms with Crippen molar-refractivity contribution in [2.75, 3.05) is 19.7 Å². The number of aliphatic hydroxyl groups excluding tert-OH is 3. The molecule has 0 radical (unpaired) electrons. The number of phenolic OH excluding ortho intramolecular Hbond substituents is 1. The van der Waals surface area contributed by atoms with Crippen molar-refractivity contribution in [1.29, 1.82) is 0 Å². The second-order valence-electron chi connectivity index (χ2n) is 14.8. The third-order valence-electron chi connectivity index (χ3n) is 11.5. The van der Waals surface area contributed by atoms with Crippen LogP contribution in [0.15, 0.2) is 34.7 Å². The fourth-order valence-corrected chi connectivity index (χ4v) is 9.16. The summed E-state index contributed by atoms with van der Waals surface area (Å²) in [4.78, 5) is 3.67. The second kappa shape index (κ2) is 15.2. The Morgan fingerprint density at radius 1 is 1.06 bits per heavy atom. The van der Waals surface area contributed by atoms with Gasteiger partial charge in [-0.2, -0.15) is 0 Å². The lowest BCUT2D eigenvalue weighted by Crippen LogP contribution is -2.36. The molecule has 47 heavy (non-hydrogen) atoms. The molecule has 5 unspecified atom stereocenters. The molecule has 6 N–H and O–H groups in total. The zero-order valence-electron chi connectivity index (χ0n) is 28.4. The van der Waals surface area contributed by atoms with Crippen LogP contribution in [0, 0.1) is 17.3 Å². The number of aliphatic hydroxyl groups is 3. The molecule has 0 aliphatic heterocycles. The fraction of sp³-hybridized carbons (Fsp3) is 0.641. The van der Waals surface area contributed by atoms with Crippen molar-refractivity contribution < 1.29 is 29.6 Å². The maximum Gasteiger partial charge on any atom is 0.161 e. The maximum atomic E-state index is 11.4. The fourth-order valence-electron chi connectivity index (χ4n) is 9.16. The van der Waals surface area contributed by atoms with E-state index in [0.29, 0.717) is 42.4 Å². The molecule has 8 nitrogen and oxygen atoms in total. The molecule has 0 amide bonds. The van der Waals surface area contributed by atoms with Crippen LogP contribution in [0.25, 0.3) is 0 Å². The Labute approximate surface area is 279 Å². The predicted octanol–water partition coefficient (Wildman–Crippen LogP) is 6.63. The number of aromatic hydroxyl groups is 1. The van der Waals surface area contributed by atoms with E-state index in [1.54, 1.807) is 6.07 Å². The summed E-state index contributed by atoms with van der Waals surface area (Å²) in [5, 5.41) is 45.2. The molecular formula is C39H56N2O6. The molecule has 2 aromatic heterocycles. The molecule has 8 heteroatoms. The van der Waals surface area contributed by atoms with Crippen molar-refractivity contribution >= 4 is 0 Å². The van der Waals surface area contributed by atoms with E-state index in [0.717, 1.165) is 66.5 Å². The molecular weight excluding hydrogens is 592 g/mol. The predicted molar refractivity (Wildman–Crippen MR) is 183 cm³/mol. The highest BCUT2D eigenvalue weighted by atomic mass is 16.5. The van der Waals surface area contributed by atoms with Crippen LogP contribution >= 0.6 is 0 Å². The summed E-state index contributed by atoms with van der Waals surface area (Å²) < 4.78 is 12.1. The lowest BCUT2D eigenvalue weighted by Gasteiger charge is -2.39.